The van der Waals surface area contributed by atoms with Crippen molar-refractivity contribution in [3.63, 3.8) is 0 Å². The number of rotatable bonds is 1. The van der Waals surface area contributed by atoms with Gasteiger partial charge < -0.3 is 10.4 Å². The molecule has 2 atom stereocenters. The first-order valence-electron chi connectivity index (χ1n) is 5.16. The lowest BCUT2D eigenvalue weighted by Crippen LogP contribution is -2.42. The first-order chi connectivity index (χ1) is 6.74. The topological polar surface area (TPSA) is 32.3 Å². The molecule has 1 saturated carbocycles. The molecular weight excluding hydrogens is 174 g/mol. The summed E-state index contributed by atoms with van der Waals surface area (Å²) in [4.78, 5) is 0. The monoisotopic (exact) mass is 193 g/mol. The zero-order valence-electron chi connectivity index (χ0n) is 9.17. The molecule has 14 heavy (non-hydrogen) atoms. The first-order valence-corrected chi connectivity index (χ1v) is 5.16. The van der Waals surface area contributed by atoms with Crippen molar-refractivity contribution in [2.24, 2.45) is 0 Å². The highest BCUT2D eigenvalue weighted by molar-refractivity contribution is 5.37. The van der Waals surface area contributed by atoms with Gasteiger partial charge >= 0.3 is 0 Å². The average molecular weight is 193 g/mol. The van der Waals surface area contributed by atoms with Gasteiger partial charge in [0.2, 0.25) is 0 Å². The molecule has 1 aliphatic rings. The molecule has 0 aromatic carbocycles. The minimum Gasteiger partial charge on any atom is -0.391 e. The van der Waals surface area contributed by atoms with Crippen LogP contribution < -0.4 is 5.32 Å². The molecule has 2 heteroatoms. The van der Waals surface area contributed by atoms with E-state index in [1.165, 1.54) is 11.1 Å². The van der Waals surface area contributed by atoms with E-state index >= 15 is 0 Å². The van der Waals surface area contributed by atoms with Crippen LogP contribution in [0.5, 0.6) is 0 Å². The minimum atomic E-state index is -0.270. The normalized spacial score (nSPS) is 30.3. The van der Waals surface area contributed by atoms with Crippen LogP contribution in [0.3, 0.4) is 0 Å². The van der Waals surface area contributed by atoms with E-state index in [0.717, 1.165) is 12.8 Å². The summed E-state index contributed by atoms with van der Waals surface area (Å²) in [5.74, 6) is 0. The second-order valence-corrected chi connectivity index (χ2v) is 3.53. The quantitative estimate of drug-likeness (QED) is 0.622. The fraction of sp³-hybridized carbons (Fsp3) is 0.583. The van der Waals surface area contributed by atoms with Crippen molar-refractivity contribution in [2.45, 2.75) is 38.8 Å². The largest absolute Gasteiger partial charge is 0.391 e. The van der Waals surface area contributed by atoms with Crippen LogP contribution in [0, 0.1) is 0 Å². The molecule has 0 saturated heterocycles. The molecule has 78 valence electrons. The van der Waals surface area contributed by atoms with E-state index in [2.05, 4.69) is 17.1 Å². The van der Waals surface area contributed by atoms with Gasteiger partial charge in [-0.15, -0.1) is 5.73 Å². The molecule has 2 nitrogen and oxygen atoms in total. The van der Waals surface area contributed by atoms with Crippen LogP contribution in [-0.2, 0) is 0 Å². The van der Waals surface area contributed by atoms with Crippen LogP contribution in [0.4, 0.5) is 0 Å². The summed E-state index contributed by atoms with van der Waals surface area (Å²) >= 11 is 0. The van der Waals surface area contributed by atoms with Crippen molar-refractivity contribution in [2.75, 3.05) is 7.05 Å². The molecule has 0 heterocycles. The van der Waals surface area contributed by atoms with Crippen LogP contribution in [0.25, 0.3) is 0 Å². The summed E-state index contributed by atoms with van der Waals surface area (Å²) in [6, 6.07) is 0.0659. The molecule has 1 unspecified atom stereocenters. The molecule has 0 aromatic rings. The number of nitrogens with one attached hydrogen (secondary N) is 1. The third kappa shape index (κ3) is 2.16. The third-order valence-corrected chi connectivity index (χ3v) is 2.70. The van der Waals surface area contributed by atoms with Gasteiger partial charge in [0.15, 0.2) is 0 Å². The third-order valence-electron chi connectivity index (χ3n) is 2.70. The number of aliphatic hydroxyl groups is 1. The van der Waals surface area contributed by atoms with Gasteiger partial charge in [-0.05, 0) is 51.0 Å². The highest BCUT2D eigenvalue weighted by Gasteiger charge is 2.28. The highest BCUT2D eigenvalue weighted by Crippen LogP contribution is 2.28. The van der Waals surface area contributed by atoms with Gasteiger partial charge in [-0.1, -0.05) is 6.08 Å². The zero-order valence-corrected chi connectivity index (χ0v) is 9.17. The molecule has 1 fully saturated rings. The summed E-state index contributed by atoms with van der Waals surface area (Å²) in [5.41, 5.74) is 5.65. The van der Waals surface area contributed by atoms with Gasteiger partial charge in [0.25, 0.3) is 0 Å². The van der Waals surface area contributed by atoms with Gasteiger partial charge in [0.1, 0.15) is 0 Å². The summed E-state index contributed by atoms with van der Waals surface area (Å²) in [5, 5.41) is 13.0. The number of allylic oxidation sites excluding steroid dienone is 1. The Bertz CT molecular complexity index is 285. The molecule has 0 aromatic heterocycles. The smallest absolute Gasteiger partial charge is 0.0738 e. The van der Waals surface area contributed by atoms with Gasteiger partial charge in [-0.3, -0.25) is 0 Å². The number of hydrogen-bond acceptors (Lipinski definition) is 2. The van der Waals surface area contributed by atoms with Crippen molar-refractivity contribution >= 4 is 0 Å². The maximum Gasteiger partial charge on any atom is 0.0738 e. The molecule has 2 N–H and O–H groups in total. The van der Waals surface area contributed by atoms with Crippen LogP contribution >= 0.6 is 0 Å². The van der Waals surface area contributed by atoms with E-state index in [1.807, 2.05) is 27.0 Å². The standard InChI is InChI=1S/C12H19NO/c1-4-6-9-7-8-11(14)12(13-3)10(9)5-2/h4-5,11-14H,7-8H2,1-3H3/b10-5+/t6?,11-,12?/m1/s1. The van der Waals surface area contributed by atoms with Crippen molar-refractivity contribution in [3.8, 4) is 0 Å². The maximum atomic E-state index is 9.80. The zero-order chi connectivity index (χ0) is 10.6. The van der Waals surface area contributed by atoms with Crippen molar-refractivity contribution in [3.05, 3.63) is 29.0 Å². The van der Waals surface area contributed by atoms with Crippen molar-refractivity contribution in [1.29, 1.82) is 0 Å². The van der Waals surface area contributed by atoms with Crippen molar-refractivity contribution in [1.82, 2.24) is 5.32 Å². The molecule has 1 aliphatic carbocycles. The fourth-order valence-corrected chi connectivity index (χ4v) is 2.03. The molecular formula is C12H19NO. The molecule has 1 rings (SSSR count). The van der Waals surface area contributed by atoms with Crippen LogP contribution in [0.1, 0.15) is 26.7 Å². The van der Waals surface area contributed by atoms with Gasteiger partial charge in [-0.2, -0.15) is 0 Å². The summed E-state index contributed by atoms with van der Waals surface area (Å²) in [7, 11) is 1.88. The lowest BCUT2D eigenvalue weighted by atomic mass is 9.83. The Morgan fingerprint density at radius 1 is 1.50 bits per heavy atom. The van der Waals surface area contributed by atoms with E-state index in [1.54, 1.807) is 0 Å². The van der Waals surface area contributed by atoms with E-state index < -0.39 is 0 Å². The second kappa shape index (κ2) is 5.16. The summed E-state index contributed by atoms with van der Waals surface area (Å²) in [6.07, 6.45) is 5.47. The Labute approximate surface area is 86.0 Å². The van der Waals surface area contributed by atoms with E-state index in [4.69, 9.17) is 0 Å². The molecule has 0 spiro atoms. The van der Waals surface area contributed by atoms with Crippen LogP contribution in [0.2, 0.25) is 0 Å². The Morgan fingerprint density at radius 2 is 2.21 bits per heavy atom. The Kier molecular flexibility index (Phi) is 4.15. The Balaban J connectivity index is 3.01. The lowest BCUT2D eigenvalue weighted by Gasteiger charge is -2.31. The summed E-state index contributed by atoms with van der Waals surface area (Å²) < 4.78 is 0. The van der Waals surface area contributed by atoms with Crippen LogP contribution in [0.15, 0.2) is 29.0 Å². The first kappa shape index (κ1) is 11.3. The predicted octanol–water partition coefficient (Wildman–Crippen LogP) is 1.78. The SMILES string of the molecule is CC=C=C1CC[C@@H](O)C(NC)/C1=C/C. The van der Waals surface area contributed by atoms with Crippen molar-refractivity contribution < 1.29 is 5.11 Å². The van der Waals surface area contributed by atoms with E-state index in [9.17, 15) is 5.11 Å². The Morgan fingerprint density at radius 3 is 2.71 bits per heavy atom. The van der Waals surface area contributed by atoms with E-state index in [0.29, 0.717) is 0 Å². The predicted molar refractivity (Wildman–Crippen MR) is 59.1 cm³/mol. The van der Waals surface area contributed by atoms with E-state index in [-0.39, 0.29) is 12.1 Å². The fourth-order valence-electron chi connectivity index (χ4n) is 2.03. The average Bonchev–Trinajstić information content (AvgIpc) is 2.20. The highest BCUT2D eigenvalue weighted by atomic mass is 16.3. The molecule has 0 amide bonds. The summed E-state index contributed by atoms with van der Waals surface area (Å²) in [6.45, 7) is 3.98. The minimum absolute atomic E-state index is 0.0659. The maximum absolute atomic E-state index is 9.80. The number of likely N-dealkylation sites (N-methyl/N-ethyl adjacent to an activating group) is 1. The van der Waals surface area contributed by atoms with Gasteiger partial charge in [-0.25, -0.2) is 0 Å². The number of aliphatic hydroxyl groups excluding tert-OH is 1. The van der Waals surface area contributed by atoms with Crippen LogP contribution in [-0.4, -0.2) is 24.3 Å². The Hall–Kier alpha value is -0.820. The number of hydrogen-bond donors (Lipinski definition) is 2. The molecule has 0 radical (unpaired) electrons. The van der Waals surface area contributed by atoms with Gasteiger partial charge in [0.05, 0.1) is 12.1 Å². The molecule has 0 bridgehead atoms. The lowest BCUT2D eigenvalue weighted by molar-refractivity contribution is 0.128. The molecule has 0 aliphatic heterocycles. The van der Waals surface area contributed by atoms with Gasteiger partial charge in [0, 0.05) is 0 Å². The second-order valence-electron chi connectivity index (χ2n) is 3.53.